The zero-order valence-electron chi connectivity index (χ0n) is 14.4. The van der Waals surface area contributed by atoms with Crippen molar-refractivity contribution in [2.45, 2.75) is 43.8 Å². The minimum absolute atomic E-state index is 0.00954. The molecule has 3 atom stereocenters. The van der Waals surface area contributed by atoms with Gasteiger partial charge in [-0.25, -0.2) is 9.78 Å². The molecule has 11 heteroatoms. The molecule has 26 heavy (non-hydrogen) atoms. The lowest BCUT2D eigenvalue weighted by Crippen LogP contribution is -2.59. The highest BCUT2D eigenvalue weighted by Gasteiger charge is 2.38. The Morgan fingerprint density at radius 1 is 1.19 bits per heavy atom. The summed E-state index contributed by atoms with van der Waals surface area (Å²) in [5.74, 6) is -3.24. The smallest absolute Gasteiger partial charge is 0.326 e. The summed E-state index contributed by atoms with van der Waals surface area (Å²) in [5.41, 5.74) is 17.3. The minimum atomic E-state index is -1.44. The summed E-state index contributed by atoms with van der Waals surface area (Å²) in [6.45, 7) is -0.380. The third-order valence-corrected chi connectivity index (χ3v) is 3.82. The highest BCUT2D eigenvalue weighted by atomic mass is 16.4. The number of H-pyrrole nitrogens is 1. The van der Waals surface area contributed by atoms with Crippen molar-refractivity contribution in [1.82, 2.24) is 14.9 Å². The van der Waals surface area contributed by atoms with Crippen molar-refractivity contribution in [3.8, 4) is 0 Å². The fourth-order valence-electron chi connectivity index (χ4n) is 2.41. The fraction of sp³-hybridized carbons (Fsp3) is 0.600. The van der Waals surface area contributed by atoms with Crippen LogP contribution >= 0.6 is 0 Å². The number of unbranched alkanes of at least 4 members (excludes halogenated alkanes) is 1. The second-order valence-corrected chi connectivity index (χ2v) is 5.85. The van der Waals surface area contributed by atoms with Gasteiger partial charge in [-0.15, -0.1) is 0 Å². The molecule has 0 aliphatic heterocycles. The number of carbonyl (C=O) groups excluding carboxylic acids is 2. The summed E-state index contributed by atoms with van der Waals surface area (Å²) < 4.78 is 0. The van der Waals surface area contributed by atoms with Gasteiger partial charge >= 0.3 is 5.97 Å². The zero-order chi connectivity index (χ0) is 19.7. The monoisotopic (exact) mass is 370 g/mol. The second kappa shape index (κ2) is 10.6. The third-order valence-electron chi connectivity index (χ3n) is 3.82. The summed E-state index contributed by atoms with van der Waals surface area (Å²) in [6.07, 6.45) is 3.89. The van der Waals surface area contributed by atoms with Crippen LogP contribution in [0.1, 0.15) is 25.0 Å². The van der Waals surface area contributed by atoms with Gasteiger partial charge in [-0.2, -0.15) is 0 Å². The van der Waals surface area contributed by atoms with Gasteiger partial charge in [0, 0.05) is 12.6 Å². The number of nitrogens with two attached hydrogens (primary N) is 3. The van der Waals surface area contributed by atoms with Crippen molar-refractivity contribution in [3.63, 3.8) is 0 Å². The van der Waals surface area contributed by atoms with E-state index < -0.39 is 42.5 Å². The van der Waals surface area contributed by atoms with Crippen LogP contribution in [0.15, 0.2) is 12.5 Å². The van der Waals surface area contributed by atoms with Crippen LogP contribution in [0.3, 0.4) is 0 Å². The van der Waals surface area contributed by atoms with Crippen molar-refractivity contribution in [2.75, 3.05) is 13.2 Å². The largest absolute Gasteiger partial charge is 0.480 e. The first-order chi connectivity index (χ1) is 12.3. The summed E-state index contributed by atoms with van der Waals surface area (Å²) in [5, 5.41) is 18.6. The van der Waals surface area contributed by atoms with Gasteiger partial charge < -0.3 is 32.4 Å². The number of hydrogen-bond donors (Lipinski definition) is 6. The van der Waals surface area contributed by atoms with Crippen LogP contribution in [-0.2, 0) is 20.8 Å². The molecule has 1 aromatic rings. The summed E-state index contributed by atoms with van der Waals surface area (Å²) in [7, 11) is 0. The quantitative estimate of drug-likeness (QED) is 0.228. The van der Waals surface area contributed by atoms with E-state index in [9.17, 15) is 19.5 Å². The van der Waals surface area contributed by atoms with E-state index in [-0.39, 0.29) is 12.8 Å². The average molecular weight is 370 g/mol. The lowest BCUT2D eigenvalue weighted by Gasteiger charge is -2.31. The number of nitrogens with zero attached hydrogens (tertiary/aromatic N) is 2. The number of carbonyl (C=O) groups is 3. The highest BCUT2D eigenvalue weighted by molar-refractivity contribution is 6.03. The van der Waals surface area contributed by atoms with Crippen molar-refractivity contribution >= 4 is 17.8 Å². The van der Waals surface area contributed by atoms with Crippen molar-refractivity contribution in [1.29, 1.82) is 0 Å². The molecule has 2 amide bonds. The number of aliphatic hydroxyl groups is 1. The Balaban J connectivity index is 3.06. The Kier molecular flexibility index (Phi) is 8.85. The van der Waals surface area contributed by atoms with E-state index in [0.29, 0.717) is 30.0 Å². The number of carboxylic acids is 1. The second-order valence-electron chi connectivity index (χ2n) is 5.85. The molecule has 0 radical (unpaired) electrons. The van der Waals surface area contributed by atoms with E-state index in [1.165, 1.54) is 12.5 Å². The SMILES string of the molecule is NCCCCC(C(=O)O)N(C(=O)C(N)CO)C(=O)C(N)Cc1c[nH]cn1. The maximum atomic E-state index is 12.7. The molecule has 1 aromatic heterocycles. The molecule has 11 nitrogen and oxygen atoms in total. The fourth-order valence-corrected chi connectivity index (χ4v) is 2.41. The molecule has 0 aromatic carbocycles. The Morgan fingerprint density at radius 2 is 1.85 bits per heavy atom. The van der Waals surface area contributed by atoms with Gasteiger partial charge in [0.1, 0.15) is 12.1 Å². The van der Waals surface area contributed by atoms with Gasteiger partial charge in [-0.1, -0.05) is 0 Å². The first-order valence-corrected chi connectivity index (χ1v) is 8.22. The topological polar surface area (TPSA) is 202 Å². The van der Waals surface area contributed by atoms with Crippen LogP contribution in [-0.4, -0.2) is 74.1 Å². The number of amides is 2. The number of hydrogen-bond acceptors (Lipinski definition) is 8. The van der Waals surface area contributed by atoms with E-state index in [1.807, 2.05) is 0 Å². The Hall–Kier alpha value is -2.34. The molecular formula is C15H26N6O5. The zero-order valence-corrected chi connectivity index (χ0v) is 14.4. The van der Waals surface area contributed by atoms with Crippen LogP contribution in [0, 0.1) is 0 Å². The first kappa shape index (κ1) is 21.7. The molecule has 0 saturated heterocycles. The van der Waals surface area contributed by atoms with Crippen LogP contribution < -0.4 is 17.2 Å². The molecule has 0 bridgehead atoms. The molecule has 1 heterocycles. The highest BCUT2D eigenvalue weighted by Crippen LogP contribution is 2.14. The van der Waals surface area contributed by atoms with Gasteiger partial charge in [0.15, 0.2) is 0 Å². The molecule has 0 fully saturated rings. The van der Waals surface area contributed by atoms with Crippen LogP contribution in [0.4, 0.5) is 0 Å². The molecular weight excluding hydrogens is 344 g/mol. The lowest BCUT2D eigenvalue weighted by atomic mass is 10.0. The van der Waals surface area contributed by atoms with Gasteiger partial charge in [0.2, 0.25) is 11.8 Å². The molecule has 0 saturated carbocycles. The molecule has 1 rings (SSSR count). The summed E-state index contributed by atoms with van der Waals surface area (Å²) in [4.78, 5) is 44.1. The molecule has 0 aliphatic carbocycles. The maximum Gasteiger partial charge on any atom is 0.326 e. The number of carboxylic acid groups (broad SMARTS) is 1. The number of aromatic nitrogens is 2. The Labute approximate surface area is 150 Å². The number of rotatable bonds is 11. The van der Waals surface area contributed by atoms with Crippen molar-refractivity contribution < 1.29 is 24.6 Å². The van der Waals surface area contributed by atoms with E-state index in [2.05, 4.69) is 9.97 Å². The lowest BCUT2D eigenvalue weighted by molar-refractivity contribution is -0.160. The van der Waals surface area contributed by atoms with Gasteiger partial charge in [0.05, 0.1) is 24.7 Å². The van der Waals surface area contributed by atoms with Crippen molar-refractivity contribution in [2.24, 2.45) is 17.2 Å². The van der Waals surface area contributed by atoms with E-state index in [4.69, 9.17) is 22.3 Å². The number of imide groups is 1. The van der Waals surface area contributed by atoms with Gasteiger partial charge in [-0.3, -0.25) is 14.5 Å². The Morgan fingerprint density at radius 3 is 2.35 bits per heavy atom. The maximum absolute atomic E-state index is 12.7. The standard InChI is InChI=1S/C15H26N6O5/c16-4-2-1-3-12(15(25)26)21(14(24)11(18)7-22)13(23)10(17)5-9-6-19-8-20-9/h6,8,10-12,22H,1-5,7,16-18H2,(H,19,20)(H,25,26). The van der Waals surface area contributed by atoms with Gasteiger partial charge in [-0.05, 0) is 25.8 Å². The summed E-state index contributed by atoms with van der Waals surface area (Å²) >= 11 is 0. The van der Waals surface area contributed by atoms with Crippen LogP contribution in [0.2, 0.25) is 0 Å². The number of nitrogens with one attached hydrogen (secondary N) is 1. The van der Waals surface area contributed by atoms with E-state index >= 15 is 0 Å². The Bertz CT molecular complexity index is 593. The molecule has 3 unspecified atom stereocenters. The molecule has 9 N–H and O–H groups in total. The predicted octanol–water partition coefficient (Wildman–Crippen LogP) is -2.46. The predicted molar refractivity (Wildman–Crippen MR) is 91.5 cm³/mol. The molecule has 0 aliphatic rings. The number of imidazole rings is 1. The van der Waals surface area contributed by atoms with Crippen LogP contribution in [0.25, 0.3) is 0 Å². The summed E-state index contributed by atoms with van der Waals surface area (Å²) in [6, 6.07) is -4.05. The van der Waals surface area contributed by atoms with E-state index in [0.717, 1.165) is 0 Å². The average Bonchev–Trinajstić information content (AvgIpc) is 3.12. The number of aromatic amines is 1. The minimum Gasteiger partial charge on any atom is -0.480 e. The number of aliphatic hydroxyl groups excluding tert-OH is 1. The van der Waals surface area contributed by atoms with E-state index in [1.54, 1.807) is 0 Å². The van der Waals surface area contributed by atoms with Crippen molar-refractivity contribution in [3.05, 3.63) is 18.2 Å². The molecule has 146 valence electrons. The third kappa shape index (κ3) is 5.88. The normalized spacial score (nSPS) is 14.5. The van der Waals surface area contributed by atoms with Crippen LogP contribution in [0.5, 0.6) is 0 Å². The molecule has 0 spiro atoms. The van der Waals surface area contributed by atoms with Gasteiger partial charge in [0.25, 0.3) is 0 Å². The number of aliphatic carboxylic acids is 1. The first-order valence-electron chi connectivity index (χ1n) is 8.22.